The standard InChI is InChI=1S/C23H27N3O4/c1-14(2)26-23(29)19-11-6-5-10-18(19)21(25-26)22(28)24-13-20(27)16-8-7-9-17(12-16)30-15(3)4/h5-12,14-15,20,27H,13H2,1-4H3,(H,24,28). The molecule has 0 spiro atoms. The number of fused-ring (bicyclic) bond motifs is 1. The van der Waals surface area contributed by atoms with Gasteiger partial charge in [0.1, 0.15) is 5.75 Å². The Labute approximate surface area is 175 Å². The van der Waals surface area contributed by atoms with Crippen LogP contribution in [0.4, 0.5) is 0 Å². The molecule has 0 aliphatic carbocycles. The summed E-state index contributed by atoms with van der Waals surface area (Å²) >= 11 is 0. The zero-order chi connectivity index (χ0) is 21.8. The number of amides is 1. The molecule has 2 N–H and O–H groups in total. The van der Waals surface area contributed by atoms with Crippen LogP contribution < -0.4 is 15.6 Å². The highest BCUT2D eigenvalue weighted by atomic mass is 16.5. The first-order valence-electron chi connectivity index (χ1n) is 10.0. The third-order valence-electron chi connectivity index (χ3n) is 4.60. The van der Waals surface area contributed by atoms with Crippen LogP contribution in [0.3, 0.4) is 0 Å². The van der Waals surface area contributed by atoms with Gasteiger partial charge in [0, 0.05) is 11.9 Å². The van der Waals surface area contributed by atoms with Crippen molar-refractivity contribution in [3.63, 3.8) is 0 Å². The molecule has 0 bridgehead atoms. The molecular formula is C23H27N3O4. The number of nitrogens with one attached hydrogen (secondary N) is 1. The predicted molar refractivity (Wildman–Crippen MR) is 116 cm³/mol. The van der Waals surface area contributed by atoms with Crippen LogP contribution in [0.2, 0.25) is 0 Å². The number of carbonyl (C=O) groups is 1. The average molecular weight is 409 g/mol. The van der Waals surface area contributed by atoms with Gasteiger partial charge in [0.05, 0.1) is 23.6 Å². The van der Waals surface area contributed by atoms with Crippen molar-refractivity contribution in [2.45, 2.75) is 45.9 Å². The van der Waals surface area contributed by atoms with Gasteiger partial charge >= 0.3 is 0 Å². The summed E-state index contributed by atoms with van der Waals surface area (Å²) in [4.78, 5) is 25.5. The maximum absolute atomic E-state index is 12.9. The lowest BCUT2D eigenvalue weighted by molar-refractivity contribution is 0.0910. The molecule has 0 saturated carbocycles. The Morgan fingerprint density at radius 2 is 1.80 bits per heavy atom. The van der Waals surface area contributed by atoms with Crippen LogP contribution in [-0.2, 0) is 0 Å². The molecule has 0 saturated heterocycles. The first kappa shape index (κ1) is 21.5. The van der Waals surface area contributed by atoms with E-state index < -0.39 is 12.0 Å². The fourth-order valence-electron chi connectivity index (χ4n) is 3.18. The van der Waals surface area contributed by atoms with Crippen LogP contribution in [0.15, 0.2) is 53.3 Å². The van der Waals surface area contributed by atoms with E-state index in [1.54, 1.807) is 42.5 Å². The number of ether oxygens (including phenoxy) is 1. The van der Waals surface area contributed by atoms with Crippen molar-refractivity contribution < 1.29 is 14.6 Å². The summed E-state index contributed by atoms with van der Waals surface area (Å²) in [7, 11) is 0. The maximum atomic E-state index is 12.9. The van der Waals surface area contributed by atoms with Gasteiger partial charge in [-0.1, -0.05) is 30.3 Å². The quantitative estimate of drug-likeness (QED) is 0.625. The summed E-state index contributed by atoms with van der Waals surface area (Å²) in [5.41, 5.74) is 0.556. The molecule has 1 amide bonds. The maximum Gasteiger partial charge on any atom is 0.274 e. The number of hydrogen-bond donors (Lipinski definition) is 2. The smallest absolute Gasteiger partial charge is 0.274 e. The number of carbonyl (C=O) groups excluding carboxylic acids is 1. The van der Waals surface area contributed by atoms with Gasteiger partial charge < -0.3 is 15.2 Å². The minimum absolute atomic E-state index is 0.000771. The lowest BCUT2D eigenvalue weighted by atomic mass is 10.1. The van der Waals surface area contributed by atoms with Gasteiger partial charge in [-0.25, -0.2) is 4.68 Å². The van der Waals surface area contributed by atoms with Crippen LogP contribution in [0, 0.1) is 0 Å². The van der Waals surface area contributed by atoms with Crippen LogP contribution >= 0.6 is 0 Å². The zero-order valence-corrected chi connectivity index (χ0v) is 17.6. The van der Waals surface area contributed by atoms with E-state index in [4.69, 9.17) is 4.74 Å². The van der Waals surface area contributed by atoms with Crippen LogP contribution in [0.1, 0.15) is 55.9 Å². The van der Waals surface area contributed by atoms with Crippen molar-refractivity contribution >= 4 is 16.7 Å². The first-order chi connectivity index (χ1) is 14.3. The van der Waals surface area contributed by atoms with E-state index in [1.165, 1.54) is 4.68 Å². The van der Waals surface area contributed by atoms with Crippen molar-refractivity contribution in [1.29, 1.82) is 0 Å². The Balaban J connectivity index is 1.82. The molecule has 0 radical (unpaired) electrons. The Kier molecular flexibility index (Phi) is 6.52. The van der Waals surface area contributed by atoms with E-state index in [-0.39, 0.29) is 29.9 Å². The molecule has 0 fully saturated rings. The second-order valence-corrected chi connectivity index (χ2v) is 7.70. The minimum Gasteiger partial charge on any atom is -0.491 e. The molecule has 0 aliphatic heterocycles. The van der Waals surface area contributed by atoms with Gasteiger partial charge in [0.15, 0.2) is 5.69 Å². The summed E-state index contributed by atoms with van der Waals surface area (Å²) < 4.78 is 6.96. The second-order valence-electron chi connectivity index (χ2n) is 7.70. The molecule has 1 atom stereocenters. The Morgan fingerprint density at radius 3 is 2.47 bits per heavy atom. The monoisotopic (exact) mass is 409 g/mol. The number of aromatic nitrogens is 2. The number of aliphatic hydroxyl groups excluding tert-OH is 1. The summed E-state index contributed by atoms with van der Waals surface area (Å²) in [6.45, 7) is 7.52. The zero-order valence-electron chi connectivity index (χ0n) is 17.6. The van der Waals surface area contributed by atoms with E-state index in [0.717, 1.165) is 0 Å². The molecule has 1 unspecified atom stereocenters. The molecule has 158 valence electrons. The van der Waals surface area contributed by atoms with Crippen molar-refractivity contribution in [2.24, 2.45) is 0 Å². The van der Waals surface area contributed by atoms with E-state index in [9.17, 15) is 14.7 Å². The molecule has 1 heterocycles. The van der Waals surface area contributed by atoms with E-state index in [1.807, 2.05) is 33.8 Å². The summed E-state index contributed by atoms with van der Waals surface area (Å²) in [5.74, 6) is 0.207. The summed E-state index contributed by atoms with van der Waals surface area (Å²) in [6.07, 6.45) is -0.889. The van der Waals surface area contributed by atoms with E-state index >= 15 is 0 Å². The second kappa shape index (κ2) is 9.09. The molecule has 2 aromatic carbocycles. The Hall–Kier alpha value is -3.19. The molecule has 7 heteroatoms. The number of nitrogens with zero attached hydrogens (tertiary/aromatic N) is 2. The van der Waals surface area contributed by atoms with Crippen LogP contribution in [0.25, 0.3) is 10.8 Å². The number of hydrogen-bond acceptors (Lipinski definition) is 5. The first-order valence-corrected chi connectivity index (χ1v) is 10.0. The molecule has 3 rings (SSSR count). The number of rotatable bonds is 7. The topological polar surface area (TPSA) is 93.4 Å². The number of benzene rings is 2. The molecule has 3 aromatic rings. The van der Waals surface area contributed by atoms with E-state index in [2.05, 4.69) is 10.4 Å². The fraction of sp³-hybridized carbons (Fsp3) is 0.348. The molecule has 0 aliphatic rings. The van der Waals surface area contributed by atoms with Crippen molar-refractivity contribution in [1.82, 2.24) is 15.1 Å². The highest BCUT2D eigenvalue weighted by Crippen LogP contribution is 2.20. The van der Waals surface area contributed by atoms with Crippen molar-refractivity contribution in [2.75, 3.05) is 6.54 Å². The van der Waals surface area contributed by atoms with Crippen molar-refractivity contribution in [3.05, 3.63) is 70.1 Å². The molecule has 1 aromatic heterocycles. The average Bonchev–Trinajstić information content (AvgIpc) is 2.71. The van der Waals surface area contributed by atoms with Crippen LogP contribution in [0.5, 0.6) is 5.75 Å². The Bertz CT molecular complexity index is 1110. The lowest BCUT2D eigenvalue weighted by Crippen LogP contribution is -2.33. The molecule has 30 heavy (non-hydrogen) atoms. The van der Waals surface area contributed by atoms with Crippen molar-refractivity contribution in [3.8, 4) is 5.75 Å². The summed E-state index contributed by atoms with van der Waals surface area (Å²) in [5, 5.41) is 18.5. The highest BCUT2D eigenvalue weighted by Gasteiger charge is 2.19. The Morgan fingerprint density at radius 1 is 1.10 bits per heavy atom. The third-order valence-corrected chi connectivity index (χ3v) is 4.60. The molecule has 7 nitrogen and oxygen atoms in total. The highest BCUT2D eigenvalue weighted by molar-refractivity contribution is 6.04. The molecular weight excluding hydrogens is 382 g/mol. The van der Waals surface area contributed by atoms with Gasteiger partial charge in [0.25, 0.3) is 11.5 Å². The van der Waals surface area contributed by atoms with Gasteiger partial charge in [0.2, 0.25) is 0 Å². The lowest BCUT2D eigenvalue weighted by Gasteiger charge is -2.16. The third kappa shape index (κ3) is 4.68. The largest absolute Gasteiger partial charge is 0.491 e. The van der Waals surface area contributed by atoms with Gasteiger partial charge in [-0.3, -0.25) is 9.59 Å². The predicted octanol–water partition coefficient (Wildman–Crippen LogP) is 3.23. The van der Waals surface area contributed by atoms with Gasteiger partial charge in [-0.2, -0.15) is 5.10 Å². The fourth-order valence-corrected chi connectivity index (χ4v) is 3.18. The SMILES string of the molecule is CC(C)Oc1cccc(C(O)CNC(=O)c2nn(C(C)C)c(=O)c3ccccc23)c1. The summed E-state index contributed by atoms with van der Waals surface area (Å²) in [6, 6.07) is 13.9. The van der Waals surface area contributed by atoms with Crippen LogP contribution in [-0.4, -0.2) is 33.4 Å². The number of aliphatic hydroxyl groups is 1. The van der Waals surface area contributed by atoms with E-state index in [0.29, 0.717) is 22.1 Å². The normalized spacial score (nSPS) is 12.4. The van der Waals surface area contributed by atoms with Gasteiger partial charge in [-0.15, -0.1) is 0 Å². The van der Waals surface area contributed by atoms with Gasteiger partial charge in [-0.05, 0) is 51.5 Å². The minimum atomic E-state index is -0.910.